The summed E-state index contributed by atoms with van der Waals surface area (Å²) in [5.41, 5.74) is 2.28. The topological polar surface area (TPSA) is 36.4 Å². The Kier molecular flexibility index (Phi) is 5.54. The van der Waals surface area contributed by atoms with Gasteiger partial charge in [-0.15, -0.1) is 11.3 Å². The van der Waals surface area contributed by atoms with Crippen LogP contribution in [0, 0.1) is 5.41 Å². The van der Waals surface area contributed by atoms with Crippen molar-refractivity contribution in [3.8, 4) is 11.3 Å². The van der Waals surface area contributed by atoms with Crippen LogP contribution in [-0.4, -0.2) is 46.9 Å². The lowest BCUT2D eigenvalue weighted by molar-refractivity contribution is -0.134. The highest BCUT2D eigenvalue weighted by Crippen LogP contribution is 2.23. The van der Waals surface area contributed by atoms with Crippen molar-refractivity contribution in [2.45, 2.75) is 33.7 Å². The molecule has 1 aliphatic rings. The van der Waals surface area contributed by atoms with E-state index in [4.69, 9.17) is 4.98 Å². The Labute approximate surface area is 154 Å². The smallest absolute Gasteiger partial charge is 0.223 e. The lowest BCUT2D eigenvalue weighted by atomic mass is 9.91. The molecule has 0 spiro atoms. The largest absolute Gasteiger partial charge is 0.340 e. The molecular formula is C20H27N3OS. The Morgan fingerprint density at radius 1 is 1.12 bits per heavy atom. The highest BCUT2D eigenvalue weighted by atomic mass is 32.1. The van der Waals surface area contributed by atoms with Crippen molar-refractivity contribution in [2.24, 2.45) is 5.41 Å². The molecule has 0 unspecified atom stereocenters. The number of piperazine rings is 1. The molecule has 2 heterocycles. The maximum Gasteiger partial charge on any atom is 0.223 e. The summed E-state index contributed by atoms with van der Waals surface area (Å²) >= 11 is 1.72. The summed E-state index contributed by atoms with van der Waals surface area (Å²) in [6.07, 6.45) is 0.625. The van der Waals surface area contributed by atoms with Crippen LogP contribution < -0.4 is 0 Å². The first-order valence-corrected chi connectivity index (χ1v) is 9.79. The van der Waals surface area contributed by atoms with Gasteiger partial charge in [0.1, 0.15) is 5.01 Å². The Balaban J connectivity index is 1.51. The van der Waals surface area contributed by atoms with Gasteiger partial charge in [0.25, 0.3) is 0 Å². The second-order valence-corrected chi connectivity index (χ2v) is 8.83. The van der Waals surface area contributed by atoms with Gasteiger partial charge in [-0.2, -0.15) is 0 Å². The molecule has 1 fully saturated rings. The van der Waals surface area contributed by atoms with Gasteiger partial charge < -0.3 is 4.90 Å². The summed E-state index contributed by atoms with van der Waals surface area (Å²) in [7, 11) is 0. The quantitative estimate of drug-likeness (QED) is 0.833. The molecular weight excluding hydrogens is 330 g/mol. The number of nitrogens with zero attached hydrogens (tertiary/aromatic N) is 3. The molecule has 1 saturated heterocycles. The lowest BCUT2D eigenvalue weighted by Crippen LogP contribution is -2.48. The number of rotatable bonds is 4. The molecule has 4 nitrogen and oxygen atoms in total. The third kappa shape index (κ3) is 5.13. The zero-order valence-electron chi connectivity index (χ0n) is 15.4. The normalized spacial score (nSPS) is 16.2. The first-order valence-electron chi connectivity index (χ1n) is 8.91. The number of aromatic nitrogens is 1. The predicted octanol–water partition coefficient (Wildman–Crippen LogP) is 3.89. The van der Waals surface area contributed by atoms with Crippen molar-refractivity contribution in [3.05, 3.63) is 40.7 Å². The fraction of sp³-hybridized carbons (Fsp3) is 0.500. The zero-order chi connectivity index (χ0) is 17.9. The Morgan fingerprint density at radius 2 is 1.80 bits per heavy atom. The monoisotopic (exact) mass is 357 g/mol. The highest BCUT2D eigenvalue weighted by Gasteiger charge is 2.25. The molecule has 134 valence electrons. The maximum absolute atomic E-state index is 12.3. The number of carbonyl (C=O) groups is 1. The van der Waals surface area contributed by atoms with Crippen LogP contribution in [0.5, 0.6) is 0 Å². The van der Waals surface area contributed by atoms with Crippen LogP contribution in [-0.2, 0) is 11.3 Å². The number of hydrogen-bond acceptors (Lipinski definition) is 4. The average molecular weight is 358 g/mol. The second kappa shape index (κ2) is 7.67. The van der Waals surface area contributed by atoms with E-state index in [2.05, 4.69) is 43.2 Å². The van der Waals surface area contributed by atoms with Crippen molar-refractivity contribution in [1.82, 2.24) is 14.8 Å². The van der Waals surface area contributed by atoms with Gasteiger partial charge in [0.15, 0.2) is 0 Å². The molecule has 0 aliphatic carbocycles. The summed E-state index contributed by atoms with van der Waals surface area (Å²) in [6.45, 7) is 10.7. The molecule has 1 aromatic heterocycles. The summed E-state index contributed by atoms with van der Waals surface area (Å²) < 4.78 is 0. The summed E-state index contributed by atoms with van der Waals surface area (Å²) in [5, 5.41) is 3.28. The van der Waals surface area contributed by atoms with Crippen LogP contribution in [0.25, 0.3) is 11.3 Å². The van der Waals surface area contributed by atoms with Gasteiger partial charge in [-0.05, 0) is 5.41 Å². The van der Waals surface area contributed by atoms with E-state index in [9.17, 15) is 4.79 Å². The van der Waals surface area contributed by atoms with Crippen LogP contribution in [0.2, 0.25) is 0 Å². The van der Waals surface area contributed by atoms with E-state index in [1.165, 1.54) is 5.56 Å². The highest BCUT2D eigenvalue weighted by molar-refractivity contribution is 7.09. The van der Waals surface area contributed by atoms with E-state index in [0.29, 0.717) is 6.42 Å². The van der Waals surface area contributed by atoms with Crippen molar-refractivity contribution in [2.75, 3.05) is 26.2 Å². The standard InChI is InChI=1S/C20H27N3OS/c1-20(2,3)13-19(24)23-11-9-22(10-12-23)14-18-21-17(15-25-18)16-7-5-4-6-8-16/h4-8,15H,9-14H2,1-3H3. The van der Waals surface area contributed by atoms with Gasteiger partial charge >= 0.3 is 0 Å². The van der Waals surface area contributed by atoms with Crippen LogP contribution in [0.1, 0.15) is 32.2 Å². The van der Waals surface area contributed by atoms with Crippen molar-refractivity contribution < 1.29 is 4.79 Å². The Bertz CT molecular complexity index is 697. The van der Waals surface area contributed by atoms with Gasteiger partial charge in [-0.1, -0.05) is 51.1 Å². The molecule has 0 saturated carbocycles. The third-order valence-electron chi connectivity index (χ3n) is 4.39. The first kappa shape index (κ1) is 18.1. The molecule has 2 aromatic rings. The molecule has 1 aliphatic heterocycles. The Hall–Kier alpha value is -1.72. The van der Waals surface area contributed by atoms with Gasteiger partial charge in [-0.3, -0.25) is 9.69 Å². The molecule has 1 aromatic carbocycles. The van der Waals surface area contributed by atoms with Crippen molar-refractivity contribution in [3.63, 3.8) is 0 Å². The van der Waals surface area contributed by atoms with Crippen LogP contribution in [0.15, 0.2) is 35.7 Å². The second-order valence-electron chi connectivity index (χ2n) is 7.89. The minimum Gasteiger partial charge on any atom is -0.340 e. The number of thiazole rings is 1. The Morgan fingerprint density at radius 3 is 2.44 bits per heavy atom. The number of hydrogen-bond donors (Lipinski definition) is 0. The van der Waals surface area contributed by atoms with Gasteiger partial charge in [0, 0.05) is 43.5 Å². The van der Waals surface area contributed by atoms with Gasteiger partial charge in [0.05, 0.1) is 12.2 Å². The number of benzene rings is 1. The van der Waals surface area contributed by atoms with E-state index in [1.54, 1.807) is 11.3 Å². The fourth-order valence-corrected chi connectivity index (χ4v) is 3.88. The summed E-state index contributed by atoms with van der Waals surface area (Å²) in [4.78, 5) is 21.5. The van der Waals surface area contributed by atoms with E-state index in [-0.39, 0.29) is 11.3 Å². The number of amides is 1. The first-order chi connectivity index (χ1) is 11.9. The molecule has 5 heteroatoms. The average Bonchev–Trinajstić information content (AvgIpc) is 3.03. The van der Waals surface area contributed by atoms with E-state index >= 15 is 0 Å². The van der Waals surface area contributed by atoms with Crippen LogP contribution >= 0.6 is 11.3 Å². The molecule has 25 heavy (non-hydrogen) atoms. The molecule has 0 radical (unpaired) electrons. The minimum absolute atomic E-state index is 0.0585. The minimum atomic E-state index is 0.0585. The number of carbonyl (C=O) groups excluding carboxylic acids is 1. The zero-order valence-corrected chi connectivity index (χ0v) is 16.2. The fourth-order valence-electron chi connectivity index (χ4n) is 3.04. The summed E-state index contributed by atoms with van der Waals surface area (Å²) in [6, 6.07) is 10.3. The third-order valence-corrected chi connectivity index (χ3v) is 5.22. The molecule has 0 bridgehead atoms. The van der Waals surface area contributed by atoms with Crippen LogP contribution in [0.3, 0.4) is 0 Å². The van der Waals surface area contributed by atoms with Gasteiger partial charge in [-0.25, -0.2) is 4.98 Å². The van der Waals surface area contributed by atoms with Crippen LogP contribution in [0.4, 0.5) is 0 Å². The van der Waals surface area contributed by atoms with Crippen molar-refractivity contribution in [1.29, 1.82) is 0 Å². The van der Waals surface area contributed by atoms with E-state index in [0.717, 1.165) is 43.4 Å². The molecule has 1 amide bonds. The SMILES string of the molecule is CC(C)(C)CC(=O)N1CCN(Cc2nc(-c3ccccc3)cs2)CC1. The lowest BCUT2D eigenvalue weighted by Gasteiger charge is -2.35. The maximum atomic E-state index is 12.3. The van der Waals surface area contributed by atoms with Crippen molar-refractivity contribution >= 4 is 17.2 Å². The molecule has 0 N–H and O–H groups in total. The summed E-state index contributed by atoms with van der Waals surface area (Å²) in [5.74, 6) is 0.285. The van der Waals surface area contributed by atoms with E-state index < -0.39 is 0 Å². The van der Waals surface area contributed by atoms with E-state index in [1.807, 2.05) is 23.1 Å². The predicted molar refractivity (Wildman–Crippen MR) is 103 cm³/mol. The molecule has 3 rings (SSSR count). The molecule has 0 atom stereocenters. The van der Waals surface area contributed by atoms with Gasteiger partial charge in [0.2, 0.25) is 5.91 Å².